The van der Waals surface area contributed by atoms with Crippen molar-refractivity contribution < 1.29 is 34.1 Å². The lowest BCUT2D eigenvalue weighted by molar-refractivity contribution is -0.156. The van der Waals surface area contributed by atoms with Crippen LogP contribution in [0.25, 0.3) is 0 Å². The zero-order chi connectivity index (χ0) is 31.2. The van der Waals surface area contributed by atoms with Gasteiger partial charge in [-0.25, -0.2) is 4.79 Å². The third-order valence-corrected chi connectivity index (χ3v) is 7.07. The molecule has 2 amide bonds. The van der Waals surface area contributed by atoms with E-state index in [0.29, 0.717) is 24.9 Å². The van der Waals surface area contributed by atoms with Crippen LogP contribution in [0.15, 0.2) is 66.3 Å². The Morgan fingerprint density at radius 1 is 1.10 bits per heavy atom. The molecule has 0 spiro atoms. The van der Waals surface area contributed by atoms with Crippen molar-refractivity contribution in [1.29, 1.82) is 0 Å². The van der Waals surface area contributed by atoms with Gasteiger partial charge in [-0.1, -0.05) is 63.3 Å². The minimum atomic E-state index is -0.880. The number of hydrogen-bond acceptors (Lipinski definition) is 7. The molecule has 1 aliphatic heterocycles. The van der Waals surface area contributed by atoms with E-state index in [1.54, 1.807) is 51.1 Å². The molecule has 4 N–H and O–H groups in total. The number of rotatable bonds is 5. The molecule has 0 unspecified atom stereocenters. The van der Waals surface area contributed by atoms with Gasteiger partial charge in [-0.05, 0) is 50.0 Å². The number of aromatic hydroxyl groups is 1. The van der Waals surface area contributed by atoms with Crippen LogP contribution in [-0.4, -0.2) is 59.5 Å². The van der Waals surface area contributed by atoms with Crippen molar-refractivity contribution in [3.63, 3.8) is 0 Å². The topological polar surface area (TPSA) is 134 Å². The van der Waals surface area contributed by atoms with E-state index in [1.165, 1.54) is 13.2 Å². The molecule has 42 heavy (non-hydrogen) atoms. The van der Waals surface area contributed by atoms with E-state index in [4.69, 9.17) is 9.47 Å². The number of carbonyl (C=O) groups excluding carboxylic acids is 3. The van der Waals surface area contributed by atoms with Gasteiger partial charge in [-0.2, -0.15) is 0 Å². The minimum Gasteiger partial charge on any atom is -0.508 e. The van der Waals surface area contributed by atoms with E-state index in [1.807, 2.05) is 38.1 Å². The summed E-state index contributed by atoms with van der Waals surface area (Å²) in [6, 6.07) is 4.11. The first-order valence-electron chi connectivity index (χ1n) is 14.4. The summed E-state index contributed by atoms with van der Waals surface area (Å²) in [5, 5.41) is 26.9. The molecule has 0 radical (unpaired) electrons. The number of esters is 1. The van der Waals surface area contributed by atoms with E-state index in [9.17, 15) is 24.6 Å². The molecular weight excluding hydrogens is 536 g/mol. The normalized spacial score (nSPS) is 26.9. The van der Waals surface area contributed by atoms with Crippen molar-refractivity contribution in [2.24, 2.45) is 11.8 Å². The smallest absolute Gasteiger partial charge is 0.328 e. The summed E-state index contributed by atoms with van der Waals surface area (Å²) in [7, 11) is 1.53. The van der Waals surface area contributed by atoms with E-state index in [-0.39, 0.29) is 29.9 Å². The number of carbonyl (C=O) groups is 3. The summed E-state index contributed by atoms with van der Waals surface area (Å²) in [5.74, 6) is -1.73. The predicted molar refractivity (Wildman–Crippen MR) is 164 cm³/mol. The Balaban J connectivity index is 2.32. The maximum atomic E-state index is 12.9. The largest absolute Gasteiger partial charge is 0.508 e. The van der Waals surface area contributed by atoms with Crippen LogP contribution in [-0.2, 0) is 30.3 Å². The molecule has 1 aromatic rings. The average Bonchev–Trinajstić information content (AvgIpc) is 2.93. The summed E-state index contributed by atoms with van der Waals surface area (Å²) in [5.41, 5.74) is 2.04. The highest BCUT2D eigenvalue weighted by molar-refractivity contribution is 5.91. The van der Waals surface area contributed by atoms with Gasteiger partial charge >= 0.3 is 5.97 Å². The van der Waals surface area contributed by atoms with Gasteiger partial charge < -0.3 is 30.3 Å². The molecule has 5 atom stereocenters. The average molecular weight is 583 g/mol. The molecular formula is C33H46N2O7. The number of allylic oxidation sites excluding steroid dienone is 5. The molecule has 1 aromatic carbocycles. The number of hydrogen-bond donors (Lipinski definition) is 4. The fraction of sp³-hybridized carbons (Fsp3) is 0.485. The Labute approximate surface area is 249 Å². The highest BCUT2D eigenvalue weighted by Gasteiger charge is 2.30. The van der Waals surface area contributed by atoms with Gasteiger partial charge in [0.2, 0.25) is 11.8 Å². The first-order chi connectivity index (χ1) is 19.9. The van der Waals surface area contributed by atoms with Crippen LogP contribution in [0, 0.1) is 11.8 Å². The molecule has 1 heterocycles. The van der Waals surface area contributed by atoms with Crippen molar-refractivity contribution in [2.75, 3.05) is 12.4 Å². The van der Waals surface area contributed by atoms with Crippen molar-refractivity contribution in [3.05, 3.63) is 71.9 Å². The lowest BCUT2D eigenvalue weighted by atomic mass is 9.90. The monoisotopic (exact) mass is 582 g/mol. The number of phenolic OH excluding ortho intramolecular Hbond substituents is 1. The fourth-order valence-corrected chi connectivity index (χ4v) is 4.39. The van der Waals surface area contributed by atoms with E-state index in [2.05, 4.69) is 10.6 Å². The Morgan fingerprint density at radius 2 is 1.81 bits per heavy atom. The number of aliphatic hydroxyl groups is 1. The second-order valence-corrected chi connectivity index (χ2v) is 11.0. The number of nitrogens with one attached hydrogen (secondary N) is 2. The molecule has 1 aliphatic rings. The second kappa shape index (κ2) is 17.3. The Bertz CT molecular complexity index is 1180. The molecule has 9 nitrogen and oxygen atoms in total. The van der Waals surface area contributed by atoms with Gasteiger partial charge in [0.15, 0.2) is 0 Å². The number of methoxy groups -OCH3 is 1. The molecule has 230 valence electrons. The summed E-state index contributed by atoms with van der Waals surface area (Å²) >= 11 is 0. The first-order valence-corrected chi connectivity index (χ1v) is 14.4. The lowest BCUT2D eigenvalue weighted by Crippen LogP contribution is -2.44. The van der Waals surface area contributed by atoms with Crippen LogP contribution in [0.5, 0.6) is 5.75 Å². The van der Waals surface area contributed by atoms with Gasteiger partial charge in [0.05, 0.1) is 18.6 Å². The van der Waals surface area contributed by atoms with Crippen molar-refractivity contribution in [2.45, 2.75) is 84.7 Å². The highest BCUT2D eigenvalue weighted by Crippen LogP contribution is 2.24. The van der Waals surface area contributed by atoms with Crippen LogP contribution in [0.2, 0.25) is 0 Å². The number of fused-ring (bicyclic) bond motifs is 2. The van der Waals surface area contributed by atoms with Gasteiger partial charge in [0, 0.05) is 37.1 Å². The van der Waals surface area contributed by atoms with Crippen molar-refractivity contribution >= 4 is 23.5 Å². The third kappa shape index (κ3) is 11.7. The summed E-state index contributed by atoms with van der Waals surface area (Å²) < 4.78 is 11.2. The molecule has 2 rings (SSSR count). The lowest BCUT2D eigenvalue weighted by Gasteiger charge is -2.29. The van der Waals surface area contributed by atoms with Crippen molar-refractivity contribution in [3.8, 4) is 5.75 Å². The molecule has 0 aromatic heterocycles. The maximum Gasteiger partial charge on any atom is 0.328 e. The van der Waals surface area contributed by atoms with E-state index in [0.717, 1.165) is 11.1 Å². The number of benzene rings is 1. The fourth-order valence-electron chi connectivity index (χ4n) is 4.39. The Hall–Kier alpha value is -3.69. The number of anilines is 1. The Kier molecular flexibility index (Phi) is 14.2. The second-order valence-electron chi connectivity index (χ2n) is 11.0. The van der Waals surface area contributed by atoms with Crippen LogP contribution in [0.1, 0.15) is 59.4 Å². The molecule has 0 saturated carbocycles. The minimum absolute atomic E-state index is 0.0415. The van der Waals surface area contributed by atoms with Gasteiger partial charge in [0.1, 0.15) is 17.9 Å². The van der Waals surface area contributed by atoms with Gasteiger partial charge in [-0.15, -0.1) is 0 Å². The number of phenols is 1. The quantitative estimate of drug-likeness (QED) is 0.291. The molecule has 0 aliphatic carbocycles. The van der Waals surface area contributed by atoms with Crippen LogP contribution in [0.4, 0.5) is 5.69 Å². The molecule has 0 saturated heterocycles. The van der Waals surface area contributed by atoms with Crippen LogP contribution in [0.3, 0.4) is 0 Å². The molecule has 9 heteroatoms. The maximum absolute atomic E-state index is 12.9. The van der Waals surface area contributed by atoms with Gasteiger partial charge in [0.25, 0.3) is 0 Å². The van der Waals surface area contributed by atoms with E-state index < -0.39 is 36.2 Å². The van der Waals surface area contributed by atoms with E-state index >= 15 is 0 Å². The molecule has 2 bridgehead atoms. The number of aliphatic hydroxyl groups excluding tert-OH is 1. The predicted octanol–water partition coefficient (Wildman–Crippen LogP) is 4.76. The zero-order valence-electron chi connectivity index (χ0n) is 25.5. The zero-order valence-corrected chi connectivity index (χ0v) is 25.5. The highest BCUT2D eigenvalue weighted by atomic mass is 16.5. The summed E-state index contributed by atoms with van der Waals surface area (Å²) in [4.78, 5) is 37.5. The SMILES string of the molecule is CO[C@H]1/C=C/C=C/C=C/C[C@H](OC(=O)[C@@H](C)NC(=O)C(C)C)[C@H](C)[C@@H](O)/C(C)=C\CCc2cc(O)cc(c2)NC(=O)C1. The third-order valence-electron chi connectivity index (χ3n) is 7.07. The standard InChI is InChI=1S/C33H46N2O7/c1-21(2)32(39)34-24(5)33(40)42-29-16-11-9-7-8-10-15-28(41-6)20-30(37)35-26-17-25(18-27(36)19-26)14-12-13-22(3)31(38)23(29)4/h7-11,13,15,17-19,21,23-24,28-29,31,36,38H,12,14,16,20H2,1-6H3,(H,34,39)(H,35,37)/b8-7+,11-9+,15-10+,22-13-/t23-,24+,28-,29-,31-/m0/s1. The summed E-state index contributed by atoms with van der Waals surface area (Å²) in [6.07, 6.45) is 12.4. The van der Waals surface area contributed by atoms with Crippen LogP contribution >= 0.6 is 0 Å². The van der Waals surface area contributed by atoms with Gasteiger partial charge in [-0.3, -0.25) is 9.59 Å². The van der Waals surface area contributed by atoms with Crippen molar-refractivity contribution in [1.82, 2.24) is 5.32 Å². The van der Waals surface area contributed by atoms with Crippen LogP contribution < -0.4 is 10.6 Å². The number of aryl methyl sites for hydroxylation is 1. The number of ether oxygens (including phenoxy) is 2. The molecule has 0 fully saturated rings. The first kappa shape index (κ1) is 34.5. The Morgan fingerprint density at radius 3 is 2.50 bits per heavy atom. The summed E-state index contributed by atoms with van der Waals surface area (Å²) in [6.45, 7) is 8.73. The number of amides is 2.